The van der Waals surface area contributed by atoms with Gasteiger partial charge in [-0.2, -0.15) is 0 Å². The number of hydrogen-bond donors (Lipinski definition) is 1. The number of nitrogens with one attached hydrogen (secondary N) is 1. The van der Waals surface area contributed by atoms with E-state index < -0.39 is 0 Å². The van der Waals surface area contributed by atoms with Gasteiger partial charge in [0.05, 0.1) is 18.8 Å². The molecule has 0 unspecified atom stereocenters. The molecule has 132 valence electrons. The van der Waals surface area contributed by atoms with Crippen molar-refractivity contribution in [2.24, 2.45) is 5.41 Å². The highest BCUT2D eigenvalue weighted by atomic mass is 19.1. The first kappa shape index (κ1) is 17.4. The maximum Gasteiger partial charge on any atom is 0.238 e. The van der Waals surface area contributed by atoms with Crippen LogP contribution in [0.4, 0.5) is 10.1 Å². The number of ether oxygens (including phenoxy) is 1. The summed E-state index contributed by atoms with van der Waals surface area (Å²) >= 11 is 0. The third-order valence-electron chi connectivity index (χ3n) is 5.33. The number of likely N-dealkylation sites (tertiary alicyclic amines) is 1. The van der Waals surface area contributed by atoms with Gasteiger partial charge in [0.15, 0.2) is 0 Å². The largest absolute Gasteiger partial charge is 0.375 e. The lowest BCUT2D eigenvalue weighted by Crippen LogP contribution is -2.44. The minimum atomic E-state index is -0.334. The standard InChI is InChI=1S/C19H27FN2O2/c1-14-4-5-15(20)10-16(14)21-17(23)11-22-8-6-19(7-9-22)12-18(2,3)24-13-19/h4-5,10H,6-9,11-13H2,1-3H3,(H,21,23). The number of carbonyl (C=O) groups excluding carboxylic acids is 1. The number of amides is 1. The number of rotatable bonds is 3. The van der Waals surface area contributed by atoms with Gasteiger partial charge in [-0.25, -0.2) is 4.39 Å². The molecule has 0 bridgehead atoms. The molecule has 0 atom stereocenters. The molecule has 1 spiro atoms. The van der Waals surface area contributed by atoms with Gasteiger partial charge in [-0.05, 0) is 76.2 Å². The predicted octanol–water partition coefficient (Wildman–Crippen LogP) is 3.35. The van der Waals surface area contributed by atoms with E-state index in [-0.39, 0.29) is 22.7 Å². The van der Waals surface area contributed by atoms with Crippen LogP contribution in [0.15, 0.2) is 18.2 Å². The van der Waals surface area contributed by atoms with Crippen LogP contribution < -0.4 is 5.32 Å². The van der Waals surface area contributed by atoms with E-state index in [0.717, 1.165) is 44.5 Å². The molecule has 2 aliphatic rings. The van der Waals surface area contributed by atoms with Crippen molar-refractivity contribution >= 4 is 11.6 Å². The average Bonchev–Trinajstić information content (AvgIpc) is 2.81. The first-order chi connectivity index (χ1) is 11.3. The maximum absolute atomic E-state index is 13.3. The summed E-state index contributed by atoms with van der Waals surface area (Å²) in [6.45, 7) is 9.19. The molecule has 24 heavy (non-hydrogen) atoms. The molecule has 0 saturated carbocycles. The van der Waals surface area contributed by atoms with Crippen molar-refractivity contribution < 1.29 is 13.9 Å². The lowest BCUT2D eigenvalue weighted by atomic mass is 9.74. The monoisotopic (exact) mass is 334 g/mol. The minimum Gasteiger partial charge on any atom is -0.375 e. The number of anilines is 1. The number of aryl methyl sites for hydroxylation is 1. The number of halogens is 1. The molecule has 3 rings (SSSR count). The summed E-state index contributed by atoms with van der Waals surface area (Å²) in [6.07, 6.45) is 3.24. The van der Waals surface area contributed by atoms with E-state index in [4.69, 9.17) is 4.74 Å². The second-order valence-corrected chi connectivity index (χ2v) is 8.01. The van der Waals surface area contributed by atoms with Gasteiger partial charge in [0.25, 0.3) is 0 Å². The van der Waals surface area contributed by atoms with Crippen LogP contribution in [-0.2, 0) is 9.53 Å². The van der Waals surface area contributed by atoms with Crippen molar-refractivity contribution in [1.29, 1.82) is 0 Å². The van der Waals surface area contributed by atoms with Crippen LogP contribution in [0.1, 0.15) is 38.7 Å². The molecular weight excluding hydrogens is 307 g/mol. The Labute approximate surface area is 143 Å². The fourth-order valence-electron chi connectivity index (χ4n) is 3.98. The van der Waals surface area contributed by atoms with Gasteiger partial charge < -0.3 is 10.1 Å². The highest BCUT2D eigenvalue weighted by Gasteiger charge is 2.45. The number of hydrogen-bond acceptors (Lipinski definition) is 3. The highest BCUT2D eigenvalue weighted by molar-refractivity contribution is 5.92. The predicted molar refractivity (Wildman–Crippen MR) is 92.5 cm³/mol. The molecule has 1 aromatic rings. The third kappa shape index (κ3) is 3.95. The molecule has 1 N–H and O–H groups in total. The van der Waals surface area contributed by atoms with Crippen molar-refractivity contribution in [1.82, 2.24) is 4.90 Å². The van der Waals surface area contributed by atoms with Crippen LogP contribution in [0.3, 0.4) is 0 Å². The highest BCUT2D eigenvalue weighted by Crippen LogP contribution is 2.46. The van der Waals surface area contributed by atoms with Crippen LogP contribution in [-0.4, -0.2) is 42.6 Å². The fourth-order valence-corrected chi connectivity index (χ4v) is 3.98. The van der Waals surface area contributed by atoms with Crippen molar-refractivity contribution in [3.8, 4) is 0 Å². The van der Waals surface area contributed by atoms with Gasteiger partial charge >= 0.3 is 0 Å². The van der Waals surface area contributed by atoms with E-state index in [2.05, 4.69) is 24.1 Å². The molecule has 5 heteroatoms. The molecule has 4 nitrogen and oxygen atoms in total. The quantitative estimate of drug-likeness (QED) is 0.922. The summed E-state index contributed by atoms with van der Waals surface area (Å²) < 4.78 is 19.2. The van der Waals surface area contributed by atoms with E-state index in [0.29, 0.717) is 12.2 Å². The van der Waals surface area contributed by atoms with Crippen LogP contribution >= 0.6 is 0 Å². The molecule has 1 amide bonds. The fraction of sp³-hybridized carbons (Fsp3) is 0.632. The van der Waals surface area contributed by atoms with Gasteiger partial charge in [0.2, 0.25) is 5.91 Å². The van der Waals surface area contributed by atoms with E-state index in [1.807, 2.05) is 6.92 Å². The SMILES string of the molecule is Cc1ccc(F)cc1NC(=O)CN1CCC2(CC1)COC(C)(C)C2. The number of carbonyl (C=O) groups is 1. The zero-order valence-electron chi connectivity index (χ0n) is 14.8. The van der Waals surface area contributed by atoms with E-state index >= 15 is 0 Å². The Balaban J connectivity index is 1.51. The van der Waals surface area contributed by atoms with Gasteiger partial charge in [-0.1, -0.05) is 6.07 Å². The second kappa shape index (κ2) is 6.45. The summed E-state index contributed by atoms with van der Waals surface area (Å²) in [4.78, 5) is 14.4. The van der Waals surface area contributed by atoms with Crippen LogP contribution in [0.5, 0.6) is 0 Å². The maximum atomic E-state index is 13.3. The molecule has 2 fully saturated rings. The van der Waals surface area contributed by atoms with E-state index in [1.165, 1.54) is 12.1 Å². The molecular formula is C19H27FN2O2. The molecule has 2 saturated heterocycles. The normalized spacial score (nSPS) is 22.7. The Kier molecular flexibility index (Phi) is 4.67. The first-order valence-corrected chi connectivity index (χ1v) is 8.69. The van der Waals surface area contributed by atoms with Crippen molar-refractivity contribution in [3.05, 3.63) is 29.6 Å². The molecule has 0 aliphatic carbocycles. The Morgan fingerprint density at radius 2 is 2.04 bits per heavy atom. The number of nitrogens with zero attached hydrogens (tertiary/aromatic N) is 1. The number of benzene rings is 1. The topological polar surface area (TPSA) is 41.6 Å². The minimum absolute atomic E-state index is 0.0194. The summed E-state index contributed by atoms with van der Waals surface area (Å²) in [7, 11) is 0. The Morgan fingerprint density at radius 1 is 1.33 bits per heavy atom. The van der Waals surface area contributed by atoms with Gasteiger partial charge in [-0.3, -0.25) is 9.69 Å². The summed E-state index contributed by atoms with van der Waals surface area (Å²) in [6, 6.07) is 4.45. The van der Waals surface area contributed by atoms with Crippen molar-refractivity contribution in [2.75, 3.05) is 31.6 Å². The average molecular weight is 334 g/mol. The van der Waals surface area contributed by atoms with Crippen LogP contribution in [0.25, 0.3) is 0 Å². The van der Waals surface area contributed by atoms with Gasteiger partial charge in [0, 0.05) is 5.69 Å². The molecule has 1 aromatic carbocycles. The van der Waals surface area contributed by atoms with Crippen molar-refractivity contribution in [2.45, 2.75) is 45.6 Å². The third-order valence-corrected chi connectivity index (χ3v) is 5.33. The lowest BCUT2D eigenvalue weighted by Gasteiger charge is -2.38. The summed E-state index contributed by atoms with van der Waals surface area (Å²) in [5, 5.41) is 2.83. The number of piperidine rings is 1. The molecule has 2 aliphatic heterocycles. The lowest BCUT2D eigenvalue weighted by molar-refractivity contribution is -0.117. The molecule has 0 radical (unpaired) electrons. The molecule has 2 heterocycles. The summed E-state index contributed by atoms with van der Waals surface area (Å²) in [5.41, 5.74) is 1.69. The van der Waals surface area contributed by atoms with Crippen LogP contribution in [0.2, 0.25) is 0 Å². The Bertz CT molecular complexity index is 622. The van der Waals surface area contributed by atoms with Gasteiger partial charge in [0.1, 0.15) is 5.82 Å². The van der Waals surface area contributed by atoms with Crippen molar-refractivity contribution in [3.63, 3.8) is 0 Å². The van der Waals surface area contributed by atoms with Gasteiger partial charge in [-0.15, -0.1) is 0 Å². The smallest absolute Gasteiger partial charge is 0.238 e. The first-order valence-electron chi connectivity index (χ1n) is 8.69. The Morgan fingerprint density at radius 3 is 2.67 bits per heavy atom. The zero-order valence-corrected chi connectivity index (χ0v) is 14.8. The zero-order chi connectivity index (χ0) is 17.4. The Hall–Kier alpha value is -1.46. The second-order valence-electron chi connectivity index (χ2n) is 8.01. The van der Waals surface area contributed by atoms with E-state index in [9.17, 15) is 9.18 Å². The van der Waals surface area contributed by atoms with Crippen LogP contribution in [0, 0.1) is 18.2 Å². The van der Waals surface area contributed by atoms with E-state index in [1.54, 1.807) is 6.07 Å². The summed E-state index contributed by atoms with van der Waals surface area (Å²) in [5.74, 6) is -0.415. The molecule has 0 aromatic heterocycles.